The van der Waals surface area contributed by atoms with Crippen molar-refractivity contribution in [1.82, 2.24) is 19.7 Å². The number of benzene rings is 2. The lowest BCUT2D eigenvalue weighted by Gasteiger charge is -2.14. The van der Waals surface area contributed by atoms with Gasteiger partial charge in [0.1, 0.15) is 11.2 Å². The molecule has 2 heterocycles. The zero-order valence-electron chi connectivity index (χ0n) is 18.8. The van der Waals surface area contributed by atoms with Crippen LogP contribution in [-0.2, 0) is 11.2 Å². The maximum Gasteiger partial charge on any atom is 0.234 e. The lowest BCUT2D eigenvalue weighted by Crippen LogP contribution is -2.23. The minimum absolute atomic E-state index is 0.134. The Morgan fingerprint density at radius 2 is 1.94 bits per heavy atom. The molecule has 0 saturated carbocycles. The maximum atomic E-state index is 12.7. The van der Waals surface area contributed by atoms with Crippen LogP contribution in [0.3, 0.4) is 0 Å². The Bertz CT molecular complexity index is 1340. The van der Waals surface area contributed by atoms with Gasteiger partial charge in [-0.25, -0.2) is 4.98 Å². The molecule has 170 valence electrons. The third-order valence-corrected chi connectivity index (χ3v) is 6.13. The summed E-state index contributed by atoms with van der Waals surface area (Å²) in [6.45, 7) is 6.43. The first-order valence-corrected chi connectivity index (χ1v) is 11.8. The number of fused-ring (bicyclic) bond motifs is 1. The number of H-pyrrole nitrogens is 1. The monoisotopic (exact) mass is 462 g/mol. The number of thioether (sulfide) groups is 1. The smallest absolute Gasteiger partial charge is 0.234 e. The molecule has 4 aromatic rings. The van der Waals surface area contributed by atoms with Gasteiger partial charge in [0.15, 0.2) is 10.8 Å². The van der Waals surface area contributed by atoms with Crippen LogP contribution in [0.1, 0.15) is 25.1 Å². The number of carbonyl (C=O) groups is 1. The highest BCUT2D eigenvalue weighted by molar-refractivity contribution is 7.99. The summed E-state index contributed by atoms with van der Waals surface area (Å²) < 4.78 is 7.28. The van der Waals surface area contributed by atoms with E-state index >= 15 is 0 Å². The molecule has 1 amide bonds. The van der Waals surface area contributed by atoms with Gasteiger partial charge in [-0.15, -0.1) is 0 Å². The molecule has 0 fully saturated rings. The van der Waals surface area contributed by atoms with Crippen molar-refractivity contribution in [2.24, 2.45) is 0 Å². The van der Waals surface area contributed by atoms with Crippen molar-refractivity contribution in [3.8, 4) is 11.4 Å². The summed E-state index contributed by atoms with van der Waals surface area (Å²) in [6, 6.07) is 15.3. The average Bonchev–Trinajstić information content (AvgIpc) is 3.20. The van der Waals surface area contributed by atoms with Crippen LogP contribution in [0.4, 0.5) is 5.69 Å². The number of aromatic nitrogens is 4. The predicted octanol–water partition coefficient (Wildman–Crippen LogP) is 4.23. The molecule has 0 radical (unpaired) electrons. The molecule has 3 N–H and O–H groups in total. The third-order valence-electron chi connectivity index (χ3n) is 5.19. The van der Waals surface area contributed by atoms with Gasteiger partial charge < -0.3 is 10.1 Å². The second-order valence-corrected chi connectivity index (χ2v) is 8.34. The number of ether oxygens (including phenoxy) is 1. The Hall–Kier alpha value is -3.59. The molecule has 0 aliphatic carbocycles. The Balaban J connectivity index is 1.65. The average molecular weight is 463 g/mol. The second kappa shape index (κ2) is 9.91. The summed E-state index contributed by atoms with van der Waals surface area (Å²) in [7, 11) is 0. The van der Waals surface area contributed by atoms with Crippen LogP contribution in [0.5, 0.6) is 5.75 Å². The Morgan fingerprint density at radius 1 is 1.18 bits per heavy atom. The number of hydrogen-bond donors (Lipinski definition) is 3. The molecule has 0 bridgehead atoms. The van der Waals surface area contributed by atoms with Crippen molar-refractivity contribution < 1.29 is 9.53 Å². The van der Waals surface area contributed by atoms with Gasteiger partial charge in [0.05, 0.1) is 17.7 Å². The Labute approximate surface area is 195 Å². The van der Waals surface area contributed by atoms with Crippen LogP contribution in [0.25, 0.3) is 16.7 Å². The second-order valence-electron chi connectivity index (χ2n) is 7.40. The summed E-state index contributed by atoms with van der Waals surface area (Å²) in [5.41, 5.74) is 4.15. The number of aromatic amines is 1. The normalized spacial score (nSPS) is 11.0. The standard InChI is InChI=1S/C24H26N6O2S/c1-4-16-8-6-7-9-19(16)26-20(31)14-33-24-27-23-21(15(3)28-29-23)22(25)30(24)17-10-12-18(13-11-17)32-5-2/h6-13,25H,4-5,14H2,1-3H3,(H,26,31)(H,28,29). The number of nitrogens with one attached hydrogen (secondary N) is 3. The van der Waals surface area contributed by atoms with E-state index in [-0.39, 0.29) is 17.1 Å². The lowest BCUT2D eigenvalue weighted by molar-refractivity contribution is -0.113. The van der Waals surface area contributed by atoms with Gasteiger partial charge in [-0.1, -0.05) is 36.9 Å². The first-order chi connectivity index (χ1) is 16.0. The van der Waals surface area contributed by atoms with E-state index < -0.39 is 0 Å². The fourth-order valence-corrected chi connectivity index (χ4v) is 4.40. The number of nitrogens with zero attached hydrogens (tertiary/aromatic N) is 3. The van der Waals surface area contributed by atoms with Gasteiger partial charge in [-0.2, -0.15) is 5.10 Å². The Morgan fingerprint density at radius 3 is 2.67 bits per heavy atom. The van der Waals surface area contributed by atoms with E-state index in [0.717, 1.165) is 34.8 Å². The molecule has 4 rings (SSSR count). The minimum atomic E-state index is -0.134. The fourth-order valence-electron chi connectivity index (χ4n) is 3.59. The fraction of sp³-hybridized carbons (Fsp3) is 0.250. The molecule has 0 saturated heterocycles. The quantitative estimate of drug-likeness (QED) is 0.268. The van der Waals surface area contributed by atoms with Gasteiger partial charge in [0.2, 0.25) is 5.91 Å². The Kier molecular flexibility index (Phi) is 6.79. The van der Waals surface area contributed by atoms with Crippen LogP contribution in [0.2, 0.25) is 0 Å². The van der Waals surface area contributed by atoms with E-state index in [1.54, 1.807) is 4.57 Å². The van der Waals surface area contributed by atoms with Gasteiger partial charge in [0.25, 0.3) is 0 Å². The van der Waals surface area contributed by atoms with Crippen molar-refractivity contribution in [3.63, 3.8) is 0 Å². The molecule has 0 spiro atoms. The highest BCUT2D eigenvalue weighted by Crippen LogP contribution is 2.24. The molecule has 0 aliphatic rings. The molecule has 0 aliphatic heterocycles. The molecular weight excluding hydrogens is 436 g/mol. The molecule has 2 aromatic carbocycles. The maximum absolute atomic E-state index is 12.7. The summed E-state index contributed by atoms with van der Waals surface area (Å²) in [4.78, 5) is 17.4. The minimum Gasteiger partial charge on any atom is -0.494 e. The van der Waals surface area contributed by atoms with Crippen LogP contribution in [-0.4, -0.2) is 38.0 Å². The van der Waals surface area contributed by atoms with Gasteiger partial charge in [-0.3, -0.25) is 19.9 Å². The number of para-hydroxylation sites is 1. The van der Waals surface area contributed by atoms with E-state index in [1.807, 2.05) is 62.4 Å². The van der Waals surface area contributed by atoms with Crippen LogP contribution >= 0.6 is 11.8 Å². The zero-order valence-corrected chi connectivity index (χ0v) is 19.6. The number of aryl methyl sites for hydroxylation is 2. The van der Waals surface area contributed by atoms with E-state index in [1.165, 1.54) is 11.8 Å². The molecule has 33 heavy (non-hydrogen) atoms. The molecule has 0 atom stereocenters. The first kappa shape index (κ1) is 22.6. The van der Waals surface area contributed by atoms with Crippen LogP contribution in [0.15, 0.2) is 53.7 Å². The SMILES string of the molecule is CCOc1ccc(-n2c(SCC(=O)Nc3ccccc3CC)nc3n[nH]c(C)c3c2=N)cc1. The van der Waals surface area contributed by atoms with Crippen molar-refractivity contribution in [3.05, 3.63) is 65.3 Å². The number of anilines is 1. The van der Waals surface area contributed by atoms with E-state index in [0.29, 0.717) is 22.8 Å². The number of amides is 1. The number of rotatable bonds is 8. The van der Waals surface area contributed by atoms with Crippen molar-refractivity contribution >= 4 is 34.4 Å². The third kappa shape index (κ3) is 4.78. The lowest BCUT2D eigenvalue weighted by atomic mass is 10.1. The van der Waals surface area contributed by atoms with Crippen molar-refractivity contribution in [1.29, 1.82) is 5.41 Å². The van der Waals surface area contributed by atoms with Gasteiger partial charge in [0, 0.05) is 17.1 Å². The molecule has 2 aromatic heterocycles. The van der Waals surface area contributed by atoms with Gasteiger partial charge in [-0.05, 0) is 56.2 Å². The van der Waals surface area contributed by atoms with Crippen molar-refractivity contribution in [2.75, 3.05) is 17.7 Å². The molecule has 9 heteroatoms. The highest BCUT2D eigenvalue weighted by Gasteiger charge is 2.17. The van der Waals surface area contributed by atoms with Crippen molar-refractivity contribution in [2.45, 2.75) is 32.3 Å². The van der Waals surface area contributed by atoms with Gasteiger partial charge >= 0.3 is 0 Å². The van der Waals surface area contributed by atoms with E-state index in [9.17, 15) is 4.79 Å². The summed E-state index contributed by atoms with van der Waals surface area (Å²) in [6.07, 6.45) is 0.834. The largest absolute Gasteiger partial charge is 0.494 e. The topological polar surface area (TPSA) is 109 Å². The molecule has 0 unspecified atom stereocenters. The van der Waals surface area contributed by atoms with E-state index in [4.69, 9.17) is 10.1 Å². The van der Waals surface area contributed by atoms with Crippen LogP contribution < -0.4 is 15.5 Å². The molecular formula is C24H26N6O2S. The first-order valence-electron chi connectivity index (χ1n) is 10.8. The highest BCUT2D eigenvalue weighted by atomic mass is 32.2. The molecule has 8 nitrogen and oxygen atoms in total. The predicted molar refractivity (Wildman–Crippen MR) is 130 cm³/mol. The van der Waals surface area contributed by atoms with E-state index in [2.05, 4.69) is 27.4 Å². The summed E-state index contributed by atoms with van der Waals surface area (Å²) in [5.74, 6) is 0.770. The summed E-state index contributed by atoms with van der Waals surface area (Å²) >= 11 is 1.27. The number of hydrogen-bond acceptors (Lipinski definition) is 6. The number of carbonyl (C=O) groups excluding carboxylic acids is 1. The zero-order chi connectivity index (χ0) is 23.4. The van der Waals surface area contributed by atoms with Crippen LogP contribution in [0, 0.1) is 12.3 Å². The summed E-state index contributed by atoms with van der Waals surface area (Å²) in [5, 5.41) is 20.1.